The van der Waals surface area contributed by atoms with Crippen LogP contribution < -0.4 is 8.85 Å². The van der Waals surface area contributed by atoms with E-state index in [-0.39, 0.29) is 6.03 Å². The molecule has 0 fully saturated rings. The Hall–Kier alpha value is -0.820. The van der Waals surface area contributed by atoms with Crippen molar-refractivity contribution in [1.82, 2.24) is 8.43 Å². The number of nitrogens with one attached hydrogen (secondary N) is 2. The molecule has 1 aromatic carbocycles. The van der Waals surface area contributed by atoms with E-state index in [1.54, 1.807) is 0 Å². The van der Waals surface area contributed by atoms with Crippen LogP contribution in [-0.4, -0.2) is 31.6 Å². The van der Waals surface area contributed by atoms with Gasteiger partial charge in [0.2, 0.25) is 0 Å². The lowest BCUT2D eigenvalue weighted by Gasteiger charge is -2.27. The maximum absolute atomic E-state index is 11.3. The van der Waals surface area contributed by atoms with E-state index >= 15 is 0 Å². The van der Waals surface area contributed by atoms with Gasteiger partial charge >= 0.3 is 6.03 Å². The summed E-state index contributed by atoms with van der Waals surface area (Å²) < 4.78 is 2.54. The van der Waals surface area contributed by atoms with Gasteiger partial charge in [-0.05, 0) is 62.5 Å². The Morgan fingerprint density at radius 2 is 2.21 bits per heavy atom. The van der Waals surface area contributed by atoms with E-state index in [0.29, 0.717) is 0 Å². The number of fused-ring (bicyclic) bond motifs is 1. The Bertz CT molecular complexity index is 462. The van der Waals surface area contributed by atoms with Gasteiger partial charge in [-0.1, -0.05) is 6.07 Å². The first-order valence-corrected chi connectivity index (χ1v) is 7.60. The number of nitrogens with zero attached hydrogens (tertiary/aromatic N) is 1. The highest BCUT2D eigenvalue weighted by atomic mass is 127. The normalized spacial score (nSPS) is 18.0. The molecule has 4 nitrogen and oxygen atoms in total. The summed E-state index contributed by atoms with van der Waals surface area (Å²) in [6, 6.07) is 6.07. The predicted octanol–water partition coefficient (Wildman–Crippen LogP) is 2.82. The maximum Gasteiger partial charge on any atom is 0.327 e. The lowest BCUT2D eigenvalue weighted by molar-refractivity contribution is 0.258. The van der Waals surface area contributed by atoms with Gasteiger partial charge in [0.05, 0.1) is 22.9 Å². The van der Waals surface area contributed by atoms with Gasteiger partial charge in [-0.2, -0.15) is 0 Å². The Labute approximate surface area is 128 Å². The summed E-state index contributed by atoms with van der Waals surface area (Å²) in [5.74, 6) is 0.749. The van der Waals surface area contributed by atoms with Crippen molar-refractivity contribution in [2.75, 3.05) is 26.0 Å². The fourth-order valence-corrected chi connectivity index (χ4v) is 2.87. The van der Waals surface area contributed by atoms with E-state index in [9.17, 15) is 4.79 Å². The van der Waals surface area contributed by atoms with Crippen molar-refractivity contribution in [2.24, 2.45) is 5.92 Å². The lowest BCUT2D eigenvalue weighted by Crippen LogP contribution is -2.26. The van der Waals surface area contributed by atoms with E-state index in [4.69, 9.17) is 0 Å². The molecule has 1 atom stereocenters. The van der Waals surface area contributed by atoms with Crippen LogP contribution in [0.5, 0.6) is 0 Å². The number of benzene rings is 1. The second-order valence-corrected chi connectivity index (χ2v) is 5.94. The SMILES string of the molecule is CN(C)CC1CCc2cc(NC(=O)NI)ccc2C1. The molecule has 0 saturated heterocycles. The zero-order valence-corrected chi connectivity index (χ0v) is 13.5. The van der Waals surface area contributed by atoms with Crippen molar-refractivity contribution in [1.29, 1.82) is 0 Å². The minimum Gasteiger partial charge on any atom is -0.309 e. The molecule has 0 saturated carbocycles. The van der Waals surface area contributed by atoms with Gasteiger partial charge in [0.1, 0.15) is 0 Å². The molecule has 104 valence electrons. The van der Waals surface area contributed by atoms with Crippen LogP contribution in [0.25, 0.3) is 0 Å². The van der Waals surface area contributed by atoms with Crippen molar-refractivity contribution < 1.29 is 4.79 Å². The van der Waals surface area contributed by atoms with Crippen molar-refractivity contribution in [2.45, 2.75) is 19.3 Å². The van der Waals surface area contributed by atoms with E-state index < -0.39 is 0 Å². The number of carbonyl (C=O) groups excluding carboxylic acids is 1. The zero-order valence-electron chi connectivity index (χ0n) is 11.4. The highest BCUT2D eigenvalue weighted by Gasteiger charge is 2.19. The van der Waals surface area contributed by atoms with Crippen molar-refractivity contribution >= 4 is 34.6 Å². The highest BCUT2D eigenvalue weighted by molar-refractivity contribution is 14.1. The number of urea groups is 1. The van der Waals surface area contributed by atoms with Gasteiger partial charge < -0.3 is 10.2 Å². The number of anilines is 1. The van der Waals surface area contributed by atoms with Crippen molar-refractivity contribution in [3.63, 3.8) is 0 Å². The third-order valence-corrected chi connectivity index (χ3v) is 3.99. The molecular formula is C14H20IN3O. The molecule has 2 rings (SSSR count). The number of aryl methyl sites for hydroxylation is 1. The van der Waals surface area contributed by atoms with Crippen LogP contribution in [-0.2, 0) is 12.8 Å². The molecule has 1 aliphatic carbocycles. The Morgan fingerprint density at radius 1 is 1.42 bits per heavy atom. The van der Waals surface area contributed by atoms with E-state index in [1.807, 2.05) is 28.9 Å². The van der Waals surface area contributed by atoms with Gasteiger partial charge in [-0.3, -0.25) is 3.53 Å². The third-order valence-electron chi connectivity index (χ3n) is 3.50. The van der Waals surface area contributed by atoms with E-state index in [0.717, 1.165) is 31.0 Å². The standard InChI is InChI=1S/C14H20IN3O/c1-18(2)9-10-3-4-12-8-13(16-14(19)17-15)6-5-11(12)7-10/h5-6,8,10H,3-4,7,9H2,1-2H3,(H2,16,17,19). The first-order chi connectivity index (χ1) is 9.08. The molecule has 0 aliphatic heterocycles. The van der Waals surface area contributed by atoms with Crippen LogP contribution in [0.15, 0.2) is 18.2 Å². The van der Waals surface area contributed by atoms with Gasteiger partial charge in [0, 0.05) is 12.2 Å². The van der Waals surface area contributed by atoms with Crippen LogP contribution in [0.4, 0.5) is 10.5 Å². The minimum absolute atomic E-state index is 0.179. The van der Waals surface area contributed by atoms with Gasteiger partial charge in [-0.25, -0.2) is 4.79 Å². The number of halogens is 1. The fourth-order valence-electron chi connectivity index (χ4n) is 2.74. The molecule has 1 aliphatic rings. The Morgan fingerprint density at radius 3 is 2.89 bits per heavy atom. The van der Waals surface area contributed by atoms with Crippen LogP contribution >= 0.6 is 22.9 Å². The quantitative estimate of drug-likeness (QED) is 0.632. The molecule has 0 heterocycles. The van der Waals surface area contributed by atoms with E-state index in [1.165, 1.54) is 17.5 Å². The summed E-state index contributed by atoms with van der Waals surface area (Å²) in [6.45, 7) is 1.15. The minimum atomic E-state index is -0.179. The number of rotatable bonds is 3. The molecule has 0 aromatic heterocycles. The maximum atomic E-state index is 11.3. The average Bonchev–Trinajstić information content (AvgIpc) is 2.38. The second kappa shape index (κ2) is 6.56. The summed E-state index contributed by atoms with van der Waals surface area (Å²) in [6.07, 6.45) is 3.48. The van der Waals surface area contributed by atoms with Gasteiger partial charge in [0.25, 0.3) is 0 Å². The molecule has 5 heteroatoms. The highest BCUT2D eigenvalue weighted by Crippen LogP contribution is 2.28. The Kier molecular flexibility index (Phi) is 5.04. The van der Waals surface area contributed by atoms with Crippen LogP contribution in [0.3, 0.4) is 0 Å². The zero-order chi connectivity index (χ0) is 13.8. The van der Waals surface area contributed by atoms with Crippen LogP contribution in [0.2, 0.25) is 0 Å². The Balaban J connectivity index is 2.05. The van der Waals surface area contributed by atoms with Crippen molar-refractivity contribution in [3.8, 4) is 0 Å². The summed E-state index contributed by atoms with van der Waals surface area (Å²) >= 11 is 1.83. The first-order valence-electron chi connectivity index (χ1n) is 6.52. The number of amides is 2. The summed E-state index contributed by atoms with van der Waals surface area (Å²) in [7, 11) is 4.26. The van der Waals surface area contributed by atoms with Crippen molar-refractivity contribution in [3.05, 3.63) is 29.3 Å². The number of carbonyl (C=O) groups is 1. The number of hydrogen-bond donors (Lipinski definition) is 2. The first kappa shape index (κ1) is 14.6. The molecule has 0 spiro atoms. The molecule has 2 N–H and O–H groups in total. The van der Waals surface area contributed by atoms with Gasteiger partial charge in [0.15, 0.2) is 0 Å². The van der Waals surface area contributed by atoms with Crippen LogP contribution in [0.1, 0.15) is 17.5 Å². The lowest BCUT2D eigenvalue weighted by atomic mass is 9.83. The second-order valence-electron chi connectivity index (χ2n) is 5.40. The molecule has 2 amide bonds. The monoisotopic (exact) mass is 373 g/mol. The topological polar surface area (TPSA) is 44.4 Å². The molecule has 1 aromatic rings. The molecule has 19 heavy (non-hydrogen) atoms. The predicted molar refractivity (Wildman–Crippen MR) is 86.7 cm³/mol. The van der Waals surface area contributed by atoms with Crippen LogP contribution in [0, 0.1) is 5.92 Å². The molecular weight excluding hydrogens is 353 g/mol. The summed E-state index contributed by atoms with van der Waals surface area (Å²) in [4.78, 5) is 13.5. The average molecular weight is 373 g/mol. The largest absolute Gasteiger partial charge is 0.327 e. The smallest absolute Gasteiger partial charge is 0.309 e. The third kappa shape index (κ3) is 4.07. The van der Waals surface area contributed by atoms with E-state index in [2.05, 4.69) is 40.0 Å². The fraction of sp³-hybridized carbons (Fsp3) is 0.500. The summed E-state index contributed by atoms with van der Waals surface area (Å²) in [5, 5.41) is 2.82. The summed E-state index contributed by atoms with van der Waals surface area (Å²) in [5.41, 5.74) is 3.68. The van der Waals surface area contributed by atoms with Gasteiger partial charge in [-0.15, -0.1) is 0 Å². The molecule has 0 bridgehead atoms. The molecule has 0 radical (unpaired) electrons. The number of hydrogen-bond acceptors (Lipinski definition) is 2. The molecule has 1 unspecified atom stereocenters.